The molecule has 1 aliphatic heterocycles. The summed E-state index contributed by atoms with van der Waals surface area (Å²) in [6, 6.07) is 5.50. The smallest absolute Gasteiger partial charge is 0.250 e. The first-order valence-electron chi connectivity index (χ1n) is 6.37. The molecule has 0 bridgehead atoms. The molecule has 0 spiro atoms. The molecule has 2 amide bonds. The molecule has 3 rings (SSSR count). The molecule has 1 aromatic carbocycles. The molecule has 98 valence electrons. The van der Waals surface area contributed by atoms with Crippen LogP contribution in [-0.4, -0.2) is 17.5 Å². The van der Waals surface area contributed by atoms with Gasteiger partial charge in [-0.1, -0.05) is 12.1 Å². The molecule has 0 aromatic heterocycles. The van der Waals surface area contributed by atoms with Crippen LogP contribution in [0.25, 0.3) is 0 Å². The quantitative estimate of drug-likeness (QED) is 0.833. The average molecular weight is 257 g/mol. The van der Waals surface area contributed by atoms with Crippen LogP contribution in [0.5, 0.6) is 0 Å². The van der Waals surface area contributed by atoms with E-state index in [-0.39, 0.29) is 17.7 Å². The van der Waals surface area contributed by atoms with Crippen molar-refractivity contribution in [2.75, 3.05) is 0 Å². The third kappa shape index (κ3) is 1.82. The van der Waals surface area contributed by atoms with E-state index in [1.54, 1.807) is 6.07 Å². The normalized spacial score (nSPS) is 24.3. The number of aliphatic imine (C=N–C) groups is 1. The minimum atomic E-state index is -0.466. The standard InChI is InChI=1S/C14H15N3O2/c15-13(18)7-4-5-8-9-2-1-3-10(14(16)19)12(9)17-11(8)6-7/h1-3,7-8H,4-6H2,(H2,15,18)(H2,16,19). The Morgan fingerprint density at radius 1 is 1.21 bits per heavy atom. The maximum atomic E-state index is 11.4. The molecule has 5 nitrogen and oxygen atoms in total. The highest BCUT2D eigenvalue weighted by molar-refractivity contribution is 6.06. The second-order valence-corrected chi connectivity index (χ2v) is 5.14. The summed E-state index contributed by atoms with van der Waals surface area (Å²) < 4.78 is 0. The number of nitrogens with two attached hydrogens (primary N) is 2. The zero-order chi connectivity index (χ0) is 13.6. The van der Waals surface area contributed by atoms with Crippen molar-refractivity contribution in [1.29, 1.82) is 0 Å². The van der Waals surface area contributed by atoms with E-state index in [1.807, 2.05) is 12.1 Å². The van der Waals surface area contributed by atoms with Crippen LogP contribution in [0.1, 0.15) is 41.1 Å². The number of primary amides is 2. The number of fused-ring (bicyclic) bond motifs is 3. The van der Waals surface area contributed by atoms with E-state index in [0.29, 0.717) is 17.7 Å². The Hall–Kier alpha value is -2.17. The zero-order valence-corrected chi connectivity index (χ0v) is 10.4. The van der Waals surface area contributed by atoms with Crippen LogP contribution in [0.4, 0.5) is 5.69 Å². The van der Waals surface area contributed by atoms with Crippen molar-refractivity contribution < 1.29 is 9.59 Å². The van der Waals surface area contributed by atoms with Crippen molar-refractivity contribution in [3.05, 3.63) is 29.3 Å². The molecule has 4 N–H and O–H groups in total. The summed E-state index contributed by atoms with van der Waals surface area (Å²) in [5.74, 6) is -0.662. The summed E-state index contributed by atoms with van der Waals surface area (Å²) in [5.41, 5.74) is 13.9. The number of para-hydroxylation sites is 1. The molecular weight excluding hydrogens is 242 g/mol. The fraction of sp³-hybridized carbons (Fsp3) is 0.357. The highest BCUT2D eigenvalue weighted by atomic mass is 16.1. The Balaban J connectivity index is 2.01. The SMILES string of the molecule is NC(=O)c1cccc2c1N=C1CC(C(N)=O)CCC12. The maximum Gasteiger partial charge on any atom is 0.250 e. The van der Waals surface area contributed by atoms with Crippen LogP contribution in [-0.2, 0) is 4.79 Å². The number of hydrogen-bond donors (Lipinski definition) is 2. The van der Waals surface area contributed by atoms with Gasteiger partial charge in [0, 0.05) is 17.5 Å². The molecule has 1 heterocycles. The molecule has 2 unspecified atom stereocenters. The van der Waals surface area contributed by atoms with Crippen molar-refractivity contribution in [1.82, 2.24) is 0 Å². The van der Waals surface area contributed by atoms with E-state index >= 15 is 0 Å². The summed E-state index contributed by atoms with van der Waals surface area (Å²) in [6.07, 6.45) is 2.22. The van der Waals surface area contributed by atoms with Gasteiger partial charge in [0.05, 0.1) is 11.3 Å². The number of rotatable bonds is 2. The van der Waals surface area contributed by atoms with E-state index in [2.05, 4.69) is 4.99 Å². The van der Waals surface area contributed by atoms with E-state index in [4.69, 9.17) is 11.5 Å². The van der Waals surface area contributed by atoms with Crippen LogP contribution in [0.2, 0.25) is 0 Å². The fourth-order valence-electron chi connectivity index (χ4n) is 3.04. The predicted molar refractivity (Wildman–Crippen MR) is 71.3 cm³/mol. The van der Waals surface area contributed by atoms with Crippen LogP contribution >= 0.6 is 0 Å². The third-order valence-corrected chi connectivity index (χ3v) is 4.03. The minimum absolute atomic E-state index is 0.138. The summed E-state index contributed by atoms with van der Waals surface area (Å²) in [4.78, 5) is 27.2. The first kappa shape index (κ1) is 11.9. The topological polar surface area (TPSA) is 98.5 Å². The number of nitrogens with zero attached hydrogens (tertiary/aromatic N) is 1. The highest BCUT2D eigenvalue weighted by Gasteiger charge is 2.36. The van der Waals surface area contributed by atoms with Crippen LogP contribution in [0.15, 0.2) is 23.2 Å². The number of hydrogen-bond acceptors (Lipinski definition) is 3. The molecule has 5 heteroatoms. The number of carbonyl (C=O) groups is 2. The summed E-state index contributed by atoms with van der Waals surface area (Å²) >= 11 is 0. The van der Waals surface area contributed by atoms with Crippen LogP contribution in [0.3, 0.4) is 0 Å². The highest BCUT2D eigenvalue weighted by Crippen LogP contribution is 2.45. The molecule has 1 fully saturated rings. The van der Waals surface area contributed by atoms with Gasteiger partial charge >= 0.3 is 0 Å². The monoisotopic (exact) mass is 257 g/mol. The lowest BCUT2D eigenvalue weighted by atomic mass is 9.78. The van der Waals surface area contributed by atoms with Gasteiger partial charge < -0.3 is 11.5 Å². The molecule has 2 atom stereocenters. The van der Waals surface area contributed by atoms with Crippen molar-refractivity contribution in [3.8, 4) is 0 Å². The third-order valence-electron chi connectivity index (χ3n) is 4.03. The number of amides is 2. The molecule has 1 aliphatic carbocycles. The van der Waals surface area contributed by atoms with Crippen molar-refractivity contribution in [2.45, 2.75) is 25.2 Å². The largest absolute Gasteiger partial charge is 0.369 e. The second kappa shape index (κ2) is 4.19. The predicted octanol–water partition coefficient (Wildman–Crippen LogP) is 1.24. The van der Waals surface area contributed by atoms with E-state index < -0.39 is 5.91 Å². The molecule has 2 aliphatic rings. The summed E-state index contributed by atoms with van der Waals surface area (Å²) in [7, 11) is 0. The molecule has 1 aromatic rings. The molecular formula is C14H15N3O2. The molecule has 19 heavy (non-hydrogen) atoms. The lowest BCUT2D eigenvalue weighted by Crippen LogP contribution is -2.31. The van der Waals surface area contributed by atoms with E-state index in [1.165, 1.54) is 0 Å². The summed E-state index contributed by atoms with van der Waals surface area (Å²) in [5, 5.41) is 0. The Morgan fingerprint density at radius 3 is 2.68 bits per heavy atom. The Kier molecular flexibility index (Phi) is 2.62. The Morgan fingerprint density at radius 2 is 2.00 bits per heavy atom. The number of carbonyl (C=O) groups excluding carboxylic acids is 2. The van der Waals surface area contributed by atoms with Crippen molar-refractivity contribution in [2.24, 2.45) is 22.4 Å². The zero-order valence-electron chi connectivity index (χ0n) is 10.4. The van der Waals surface area contributed by atoms with Gasteiger partial charge in [-0.15, -0.1) is 0 Å². The van der Waals surface area contributed by atoms with Gasteiger partial charge in [-0.25, -0.2) is 0 Å². The fourth-order valence-corrected chi connectivity index (χ4v) is 3.04. The van der Waals surface area contributed by atoms with Gasteiger partial charge in [0.15, 0.2) is 0 Å². The molecule has 0 radical (unpaired) electrons. The molecule has 0 saturated heterocycles. The van der Waals surface area contributed by atoms with E-state index in [9.17, 15) is 9.59 Å². The van der Waals surface area contributed by atoms with Gasteiger partial charge in [-0.05, 0) is 30.9 Å². The maximum absolute atomic E-state index is 11.4. The average Bonchev–Trinajstić information content (AvgIpc) is 2.75. The minimum Gasteiger partial charge on any atom is -0.369 e. The van der Waals surface area contributed by atoms with Crippen molar-refractivity contribution >= 4 is 23.2 Å². The van der Waals surface area contributed by atoms with Gasteiger partial charge in [-0.2, -0.15) is 0 Å². The first-order chi connectivity index (χ1) is 9.08. The molecule has 1 saturated carbocycles. The Labute approximate surface area is 110 Å². The van der Waals surface area contributed by atoms with Gasteiger partial charge in [-0.3, -0.25) is 14.6 Å². The van der Waals surface area contributed by atoms with E-state index in [0.717, 1.165) is 24.1 Å². The Bertz CT molecular complexity index is 607. The van der Waals surface area contributed by atoms with Crippen LogP contribution in [0, 0.1) is 5.92 Å². The van der Waals surface area contributed by atoms with Gasteiger partial charge in [0.25, 0.3) is 5.91 Å². The van der Waals surface area contributed by atoms with Crippen LogP contribution < -0.4 is 11.5 Å². The number of benzene rings is 1. The second-order valence-electron chi connectivity index (χ2n) is 5.14. The lowest BCUT2D eigenvalue weighted by molar-refractivity contribution is -0.122. The lowest BCUT2D eigenvalue weighted by Gasteiger charge is -2.25. The summed E-state index contributed by atoms with van der Waals surface area (Å²) in [6.45, 7) is 0. The van der Waals surface area contributed by atoms with Gasteiger partial charge in [0.2, 0.25) is 5.91 Å². The van der Waals surface area contributed by atoms with Crippen molar-refractivity contribution in [3.63, 3.8) is 0 Å². The van der Waals surface area contributed by atoms with Gasteiger partial charge in [0.1, 0.15) is 0 Å². The first-order valence-corrected chi connectivity index (χ1v) is 6.37.